The number of aliphatic hydroxyl groups excluding tert-OH is 4. The van der Waals surface area contributed by atoms with Gasteiger partial charge in [-0.3, -0.25) is 0 Å². The normalized spacial score (nSPS) is 12.8. The van der Waals surface area contributed by atoms with E-state index in [2.05, 4.69) is 5.32 Å². The van der Waals surface area contributed by atoms with Crippen LogP contribution in [0.3, 0.4) is 0 Å². The number of halogens is 4. The van der Waals surface area contributed by atoms with Crippen LogP contribution in [0.25, 0.3) is 0 Å². The number of rotatable bonds is 11. The Bertz CT molecular complexity index is 850. The Morgan fingerprint density at radius 3 is 1.79 bits per heavy atom. The Morgan fingerprint density at radius 1 is 0.848 bits per heavy atom. The standard InChI is InChI=1S/C11H16BCl2NO3.C10H13Cl2NO2/c1-12(18)15(4-5-16)7-11(17)8-2-3-9(13)10(14)6-8;11-8-2-1-7(5-9(8)12)10(15)6-13-3-4-14/h2-3,6,11,16-18H,4-5,7H2,1H3;1-2,5,10,13-15H,3-4,6H2/t11-;10-/m00/s1. The van der Waals surface area contributed by atoms with E-state index in [1.165, 1.54) is 0 Å². The van der Waals surface area contributed by atoms with Crippen molar-refractivity contribution in [1.29, 1.82) is 0 Å². The highest BCUT2D eigenvalue weighted by Crippen LogP contribution is 2.26. The molecule has 0 aromatic heterocycles. The minimum atomic E-state index is -0.805. The summed E-state index contributed by atoms with van der Waals surface area (Å²) >= 11 is 23.2. The van der Waals surface area contributed by atoms with E-state index < -0.39 is 19.3 Å². The van der Waals surface area contributed by atoms with Gasteiger partial charge in [0.1, 0.15) is 0 Å². The molecule has 0 fully saturated rings. The fourth-order valence-electron chi connectivity index (χ4n) is 2.76. The summed E-state index contributed by atoms with van der Waals surface area (Å²) < 4.78 is 0. The van der Waals surface area contributed by atoms with Gasteiger partial charge in [0.25, 0.3) is 0 Å². The molecule has 0 amide bonds. The van der Waals surface area contributed by atoms with Crippen molar-refractivity contribution in [3.8, 4) is 0 Å². The molecule has 0 unspecified atom stereocenters. The van der Waals surface area contributed by atoms with Crippen molar-refractivity contribution in [1.82, 2.24) is 10.1 Å². The Kier molecular flexibility index (Phi) is 14.9. The molecule has 0 aliphatic carbocycles. The zero-order valence-corrected chi connectivity index (χ0v) is 21.2. The minimum absolute atomic E-state index is 0.0497. The predicted molar refractivity (Wildman–Crippen MR) is 135 cm³/mol. The van der Waals surface area contributed by atoms with Gasteiger partial charge >= 0.3 is 7.05 Å². The molecule has 0 bridgehead atoms. The summed E-state index contributed by atoms with van der Waals surface area (Å²) in [6.45, 7) is 2.87. The highest BCUT2D eigenvalue weighted by atomic mass is 35.5. The number of hydrogen-bond donors (Lipinski definition) is 6. The molecule has 2 aromatic carbocycles. The zero-order chi connectivity index (χ0) is 25.0. The molecular formula is C21H29BCl4N2O5. The monoisotopic (exact) mass is 540 g/mol. The second kappa shape index (κ2) is 16.1. The number of nitrogens with one attached hydrogen (secondary N) is 1. The number of nitrogens with zero attached hydrogens (tertiary/aromatic N) is 1. The fraction of sp³-hybridized carbons (Fsp3) is 0.429. The minimum Gasteiger partial charge on any atom is -0.437 e. The lowest BCUT2D eigenvalue weighted by Crippen LogP contribution is -2.41. The molecule has 0 spiro atoms. The molecule has 184 valence electrons. The van der Waals surface area contributed by atoms with Crippen LogP contribution in [-0.2, 0) is 0 Å². The maximum absolute atomic E-state index is 10.0. The molecule has 0 aliphatic heterocycles. The quantitative estimate of drug-likeness (QED) is 0.191. The van der Waals surface area contributed by atoms with Crippen LogP contribution in [0, 0.1) is 0 Å². The van der Waals surface area contributed by atoms with Crippen LogP contribution in [0.5, 0.6) is 0 Å². The molecule has 12 heteroatoms. The van der Waals surface area contributed by atoms with Gasteiger partial charge in [0, 0.05) is 26.2 Å². The van der Waals surface area contributed by atoms with E-state index in [4.69, 9.17) is 56.6 Å². The molecule has 2 aromatic rings. The van der Waals surface area contributed by atoms with E-state index in [0.29, 0.717) is 44.3 Å². The molecule has 6 N–H and O–H groups in total. The zero-order valence-electron chi connectivity index (χ0n) is 18.1. The third-order valence-corrected chi connectivity index (χ3v) is 6.08. The first-order valence-electron chi connectivity index (χ1n) is 10.2. The third kappa shape index (κ3) is 11.1. The van der Waals surface area contributed by atoms with Crippen LogP contribution in [-0.4, -0.2) is 76.7 Å². The van der Waals surface area contributed by atoms with Crippen LogP contribution < -0.4 is 5.32 Å². The molecule has 0 aliphatic rings. The summed E-state index contributed by atoms with van der Waals surface area (Å²) in [5.41, 5.74) is 1.32. The summed E-state index contributed by atoms with van der Waals surface area (Å²) in [6.07, 6.45) is -1.45. The lowest BCUT2D eigenvalue weighted by atomic mass is 9.84. The van der Waals surface area contributed by atoms with Gasteiger partial charge in [0.2, 0.25) is 0 Å². The SMILES string of the molecule is CB(O)N(CCO)C[C@H](O)c1ccc(Cl)c(Cl)c1.OCCNC[C@H](O)c1ccc(Cl)c(Cl)c1. The lowest BCUT2D eigenvalue weighted by molar-refractivity contribution is 0.130. The molecule has 2 rings (SSSR count). The van der Waals surface area contributed by atoms with Gasteiger partial charge in [-0.2, -0.15) is 0 Å². The first-order valence-corrected chi connectivity index (χ1v) is 11.7. The topological polar surface area (TPSA) is 116 Å². The van der Waals surface area contributed by atoms with E-state index in [-0.39, 0.29) is 26.3 Å². The molecule has 0 saturated heterocycles. The average molecular weight is 542 g/mol. The Labute approximate surface area is 214 Å². The lowest BCUT2D eigenvalue weighted by Gasteiger charge is -2.25. The highest BCUT2D eigenvalue weighted by Gasteiger charge is 2.20. The second-order valence-electron chi connectivity index (χ2n) is 7.16. The molecule has 0 radical (unpaired) electrons. The number of benzene rings is 2. The van der Waals surface area contributed by atoms with Crippen LogP contribution >= 0.6 is 46.4 Å². The Morgan fingerprint density at radius 2 is 1.36 bits per heavy atom. The van der Waals surface area contributed by atoms with Crippen molar-refractivity contribution in [3.63, 3.8) is 0 Å². The predicted octanol–water partition coefficient (Wildman–Crippen LogP) is 3.04. The second-order valence-corrected chi connectivity index (χ2v) is 8.79. The van der Waals surface area contributed by atoms with Crippen LogP contribution in [0.2, 0.25) is 26.9 Å². The van der Waals surface area contributed by atoms with E-state index in [0.717, 1.165) is 0 Å². The Balaban J connectivity index is 0.000000335. The van der Waals surface area contributed by atoms with Gasteiger partial charge in [0.05, 0.1) is 45.5 Å². The summed E-state index contributed by atoms with van der Waals surface area (Å²) in [5.74, 6) is 0. The van der Waals surface area contributed by atoms with Gasteiger partial charge in [0.15, 0.2) is 0 Å². The van der Waals surface area contributed by atoms with Crippen molar-refractivity contribution in [2.45, 2.75) is 19.0 Å². The van der Waals surface area contributed by atoms with E-state index >= 15 is 0 Å². The van der Waals surface area contributed by atoms with Gasteiger partial charge in [-0.05, 0) is 42.2 Å². The largest absolute Gasteiger partial charge is 0.437 e. The first kappa shape index (κ1) is 30.4. The maximum atomic E-state index is 10.0. The van der Waals surface area contributed by atoms with Crippen molar-refractivity contribution in [2.75, 3.05) is 39.4 Å². The van der Waals surface area contributed by atoms with Crippen molar-refractivity contribution < 1.29 is 25.5 Å². The van der Waals surface area contributed by atoms with Crippen molar-refractivity contribution in [2.24, 2.45) is 0 Å². The number of aliphatic hydroxyl groups is 4. The van der Waals surface area contributed by atoms with Gasteiger partial charge in [-0.15, -0.1) is 0 Å². The molecule has 2 atom stereocenters. The van der Waals surface area contributed by atoms with Crippen molar-refractivity contribution >= 4 is 53.5 Å². The summed E-state index contributed by atoms with van der Waals surface area (Å²) in [6, 6.07) is 9.89. The molecule has 0 saturated carbocycles. The van der Waals surface area contributed by atoms with Crippen LogP contribution in [0.15, 0.2) is 36.4 Å². The summed E-state index contributed by atoms with van der Waals surface area (Å²) in [5, 5.41) is 51.3. The van der Waals surface area contributed by atoms with Crippen LogP contribution in [0.1, 0.15) is 23.3 Å². The van der Waals surface area contributed by atoms with Gasteiger partial charge in [-0.1, -0.05) is 58.5 Å². The first-order chi connectivity index (χ1) is 15.6. The third-order valence-electron chi connectivity index (χ3n) is 4.61. The smallest absolute Gasteiger partial charge is 0.376 e. The Hall–Kier alpha value is -0.615. The molecule has 0 heterocycles. The van der Waals surface area contributed by atoms with E-state index in [1.54, 1.807) is 48.0 Å². The molecular weight excluding hydrogens is 513 g/mol. The molecule has 7 nitrogen and oxygen atoms in total. The summed E-state index contributed by atoms with van der Waals surface area (Å²) in [4.78, 5) is 1.56. The van der Waals surface area contributed by atoms with E-state index in [9.17, 15) is 15.2 Å². The summed E-state index contributed by atoms with van der Waals surface area (Å²) in [7, 11) is -0.741. The fourth-order valence-corrected chi connectivity index (χ4v) is 3.37. The van der Waals surface area contributed by atoms with Gasteiger partial charge < -0.3 is 35.6 Å². The van der Waals surface area contributed by atoms with Crippen LogP contribution in [0.4, 0.5) is 0 Å². The highest BCUT2D eigenvalue weighted by molar-refractivity contribution is 6.45. The van der Waals surface area contributed by atoms with Gasteiger partial charge in [-0.25, -0.2) is 0 Å². The number of hydrogen-bond acceptors (Lipinski definition) is 7. The van der Waals surface area contributed by atoms with E-state index in [1.807, 2.05) is 0 Å². The molecule has 33 heavy (non-hydrogen) atoms. The van der Waals surface area contributed by atoms with Crippen molar-refractivity contribution in [3.05, 3.63) is 67.6 Å². The average Bonchev–Trinajstić information content (AvgIpc) is 2.77. The maximum Gasteiger partial charge on any atom is 0.376 e.